The lowest BCUT2D eigenvalue weighted by Crippen LogP contribution is -2.40. The molecule has 2 amide bonds. The molecule has 122 valence electrons. The molecule has 0 saturated carbocycles. The number of carbonyl (C=O) groups excluding carboxylic acids is 1. The molecule has 0 spiro atoms. The number of hydrogen-bond donors (Lipinski definition) is 1. The van der Waals surface area contributed by atoms with E-state index in [9.17, 15) is 9.18 Å². The van der Waals surface area contributed by atoms with Crippen molar-refractivity contribution in [3.8, 4) is 0 Å². The molecule has 0 aliphatic carbocycles. The summed E-state index contributed by atoms with van der Waals surface area (Å²) in [5.41, 5.74) is 0.775. The third-order valence-corrected chi connectivity index (χ3v) is 4.47. The fourth-order valence-electron chi connectivity index (χ4n) is 3.12. The number of amides is 2. The first-order valence-corrected chi connectivity index (χ1v) is 7.82. The van der Waals surface area contributed by atoms with Crippen LogP contribution in [0.4, 0.5) is 9.18 Å². The Bertz CT molecular complexity index is 502. The summed E-state index contributed by atoms with van der Waals surface area (Å²) in [7, 11) is 4.13. The van der Waals surface area contributed by atoms with Gasteiger partial charge in [-0.25, -0.2) is 9.18 Å². The van der Waals surface area contributed by atoms with Crippen LogP contribution in [0.5, 0.6) is 0 Å². The topological polar surface area (TPSA) is 35.6 Å². The van der Waals surface area contributed by atoms with E-state index >= 15 is 0 Å². The van der Waals surface area contributed by atoms with Crippen molar-refractivity contribution in [2.45, 2.75) is 26.4 Å². The standard InChI is InChI=1S/C17H26FN3O/c1-12(2)15-10-21(11-16(15)20(3)4)17(22)19-9-13-6-5-7-14(18)8-13/h5-8,12,15-16H,9-11H2,1-4H3,(H,19,22). The molecule has 4 nitrogen and oxygen atoms in total. The molecular weight excluding hydrogens is 281 g/mol. The smallest absolute Gasteiger partial charge is 0.317 e. The normalized spacial score (nSPS) is 21.7. The zero-order valence-electron chi connectivity index (χ0n) is 13.8. The van der Waals surface area contributed by atoms with Gasteiger partial charge in [0.25, 0.3) is 0 Å². The van der Waals surface area contributed by atoms with Crippen LogP contribution in [0.1, 0.15) is 19.4 Å². The van der Waals surface area contributed by atoms with Gasteiger partial charge in [-0.05, 0) is 43.6 Å². The van der Waals surface area contributed by atoms with Gasteiger partial charge in [-0.1, -0.05) is 26.0 Å². The van der Waals surface area contributed by atoms with Gasteiger partial charge < -0.3 is 15.1 Å². The van der Waals surface area contributed by atoms with E-state index in [0.29, 0.717) is 24.4 Å². The number of urea groups is 1. The second-order valence-corrected chi connectivity index (χ2v) is 6.63. The second-order valence-electron chi connectivity index (χ2n) is 6.63. The zero-order chi connectivity index (χ0) is 16.3. The third-order valence-electron chi connectivity index (χ3n) is 4.47. The predicted octanol–water partition coefficient (Wildman–Crippen LogP) is 2.55. The van der Waals surface area contributed by atoms with Crippen LogP contribution in [-0.2, 0) is 6.54 Å². The van der Waals surface area contributed by atoms with Crippen molar-refractivity contribution in [2.75, 3.05) is 27.2 Å². The highest BCUT2D eigenvalue weighted by atomic mass is 19.1. The van der Waals surface area contributed by atoms with Gasteiger partial charge in [-0.15, -0.1) is 0 Å². The SMILES string of the molecule is CC(C)C1CN(C(=O)NCc2cccc(F)c2)CC1N(C)C. The molecule has 0 radical (unpaired) electrons. The Morgan fingerprint density at radius 3 is 2.68 bits per heavy atom. The molecule has 1 aliphatic rings. The summed E-state index contributed by atoms with van der Waals surface area (Å²) in [6.07, 6.45) is 0. The molecule has 5 heteroatoms. The molecular formula is C17H26FN3O. The van der Waals surface area contributed by atoms with Gasteiger partial charge in [0, 0.05) is 25.7 Å². The van der Waals surface area contributed by atoms with Gasteiger partial charge in [-0.2, -0.15) is 0 Å². The quantitative estimate of drug-likeness (QED) is 0.928. The van der Waals surface area contributed by atoms with Crippen LogP contribution >= 0.6 is 0 Å². The molecule has 0 bridgehead atoms. The zero-order valence-corrected chi connectivity index (χ0v) is 13.8. The summed E-state index contributed by atoms with van der Waals surface area (Å²) in [5, 5.41) is 2.89. The van der Waals surface area contributed by atoms with Gasteiger partial charge >= 0.3 is 6.03 Å². The minimum atomic E-state index is -0.277. The molecule has 1 aliphatic heterocycles. The average molecular weight is 307 g/mol. The minimum Gasteiger partial charge on any atom is -0.334 e. The lowest BCUT2D eigenvalue weighted by molar-refractivity contribution is 0.202. The molecule has 0 aromatic heterocycles. The molecule has 1 aromatic carbocycles. The Labute approximate surface area is 132 Å². The Balaban J connectivity index is 1.93. The molecule has 1 aromatic rings. The van der Waals surface area contributed by atoms with E-state index < -0.39 is 0 Å². The first kappa shape index (κ1) is 16.7. The van der Waals surface area contributed by atoms with Crippen LogP contribution in [0.25, 0.3) is 0 Å². The molecule has 2 unspecified atom stereocenters. The predicted molar refractivity (Wildman–Crippen MR) is 86.0 cm³/mol. The van der Waals surface area contributed by atoms with E-state index in [1.165, 1.54) is 12.1 Å². The van der Waals surface area contributed by atoms with Crippen LogP contribution in [-0.4, -0.2) is 49.1 Å². The van der Waals surface area contributed by atoms with Crippen LogP contribution in [0, 0.1) is 17.7 Å². The fraction of sp³-hybridized carbons (Fsp3) is 0.588. The van der Waals surface area contributed by atoms with Gasteiger partial charge in [0.2, 0.25) is 0 Å². The first-order valence-electron chi connectivity index (χ1n) is 7.82. The highest BCUT2D eigenvalue weighted by Crippen LogP contribution is 2.27. The van der Waals surface area contributed by atoms with Crippen molar-refractivity contribution in [3.63, 3.8) is 0 Å². The Morgan fingerprint density at radius 2 is 2.14 bits per heavy atom. The van der Waals surface area contributed by atoms with Gasteiger partial charge in [0.15, 0.2) is 0 Å². The fourth-order valence-corrected chi connectivity index (χ4v) is 3.12. The van der Waals surface area contributed by atoms with E-state index in [1.54, 1.807) is 6.07 Å². The summed E-state index contributed by atoms with van der Waals surface area (Å²) < 4.78 is 13.1. The van der Waals surface area contributed by atoms with Gasteiger partial charge in [0.1, 0.15) is 5.82 Å². The summed E-state index contributed by atoms with van der Waals surface area (Å²) >= 11 is 0. The molecule has 1 N–H and O–H groups in total. The van der Waals surface area contributed by atoms with Crippen molar-refractivity contribution >= 4 is 6.03 Å². The number of hydrogen-bond acceptors (Lipinski definition) is 2. The number of halogens is 1. The van der Waals surface area contributed by atoms with Crippen LogP contribution in [0.2, 0.25) is 0 Å². The summed E-state index contributed by atoms with van der Waals surface area (Å²) in [6.45, 7) is 6.27. The molecule has 1 saturated heterocycles. The van der Waals surface area contributed by atoms with Crippen molar-refractivity contribution in [1.82, 2.24) is 15.1 Å². The molecule has 22 heavy (non-hydrogen) atoms. The molecule has 2 atom stereocenters. The Morgan fingerprint density at radius 1 is 1.41 bits per heavy atom. The summed E-state index contributed by atoms with van der Waals surface area (Å²) in [4.78, 5) is 16.4. The summed E-state index contributed by atoms with van der Waals surface area (Å²) in [5.74, 6) is 0.740. The van der Waals surface area contributed by atoms with Crippen molar-refractivity contribution in [2.24, 2.45) is 11.8 Å². The largest absolute Gasteiger partial charge is 0.334 e. The molecule has 1 fully saturated rings. The van der Waals surface area contributed by atoms with E-state index in [0.717, 1.165) is 18.7 Å². The maximum absolute atomic E-state index is 13.1. The molecule has 2 rings (SSSR count). The van der Waals surface area contributed by atoms with Crippen LogP contribution < -0.4 is 5.32 Å². The van der Waals surface area contributed by atoms with Crippen LogP contribution in [0.15, 0.2) is 24.3 Å². The van der Waals surface area contributed by atoms with E-state index in [1.807, 2.05) is 11.0 Å². The third kappa shape index (κ3) is 3.97. The first-order chi connectivity index (χ1) is 10.4. The van der Waals surface area contributed by atoms with Crippen molar-refractivity contribution in [3.05, 3.63) is 35.6 Å². The Kier molecular flexibility index (Phi) is 5.40. The number of rotatable bonds is 4. The highest BCUT2D eigenvalue weighted by Gasteiger charge is 2.37. The average Bonchev–Trinajstić information content (AvgIpc) is 2.90. The number of likely N-dealkylation sites (N-methyl/N-ethyl adjacent to an activating group) is 1. The van der Waals surface area contributed by atoms with Gasteiger partial charge in [-0.3, -0.25) is 0 Å². The second kappa shape index (κ2) is 7.09. The number of benzene rings is 1. The minimum absolute atomic E-state index is 0.0701. The maximum Gasteiger partial charge on any atom is 0.317 e. The maximum atomic E-state index is 13.1. The van der Waals surface area contributed by atoms with Crippen molar-refractivity contribution in [1.29, 1.82) is 0 Å². The number of nitrogens with one attached hydrogen (secondary N) is 1. The molecule has 1 heterocycles. The highest BCUT2D eigenvalue weighted by molar-refractivity contribution is 5.74. The van der Waals surface area contributed by atoms with E-state index in [4.69, 9.17) is 0 Å². The number of carbonyl (C=O) groups is 1. The van der Waals surface area contributed by atoms with Gasteiger partial charge in [0.05, 0.1) is 0 Å². The monoisotopic (exact) mass is 307 g/mol. The van der Waals surface area contributed by atoms with Crippen LogP contribution in [0.3, 0.4) is 0 Å². The summed E-state index contributed by atoms with van der Waals surface area (Å²) in [6, 6.07) is 6.64. The number of nitrogens with zero attached hydrogens (tertiary/aromatic N) is 2. The Hall–Kier alpha value is -1.62. The number of likely N-dealkylation sites (tertiary alicyclic amines) is 1. The lowest BCUT2D eigenvalue weighted by Gasteiger charge is -2.27. The van der Waals surface area contributed by atoms with E-state index in [2.05, 4.69) is 38.2 Å². The van der Waals surface area contributed by atoms with Crippen molar-refractivity contribution < 1.29 is 9.18 Å². The van der Waals surface area contributed by atoms with E-state index in [-0.39, 0.29) is 11.8 Å². The lowest BCUT2D eigenvalue weighted by atomic mass is 9.91.